The second-order valence-electron chi connectivity index (χ2n) is 6.95. The van der Waals surface area contributed by atoms with Crippen LogP contribution in [-0.4, -0.2) is 53.2 Å². The number of nitrogens with one attached hydrogen (secondary N) is 2. The molecule has 1 aliphatic rings. The summed E-state index contributed by atoms with van der Waals surface area (Å²) in [5, 5.41) is 23.2. The predicted molar refractivity (Wildman–Crippen MR) is 110 cm³/mol. The van der Waals surface area contributed by atoms with Crippen molar-refractivity contribution in [1.82, 2.24) is 5.32 Å². The first-order chi connectivity index (χ1) is 14.8. The Hall–Kier alpha value is -3.28. The molecule has 2 aromatic rings. The number of quaternary nitrogens is 1. The van der Waals surface area contributed by atoms with Crippen LogP contribution in [0.15, 0.2) is 30.3 Å². The van der Waals surface area contributed by atoms with E-state index in [1.165, 1.54) is 0 Å². The molecule has 10 nitrogen and oxygen atoms in total. The molecular weight excluding hydrogens is 426 g/mol. The Balaban J connectivity index is 1.72. The first kappa shape index (κ1) is 22.4. The number of ether oxygens (including phenoxy) is 1. The van der Waals surface area contributed by atoms with Gasteiger partial charge in [0.1, 0.15) is 11.1 Å². The number of aliphatic carboxylic acids is 1. The minimum atomic E-state index is -1.72. The first-order valence-electron chi connectivity index (χ1n) is 9.47. The van der Waals surface area contributed by atoms with Crippen molar-refractivity contribution < 1.29 is 39.9 Å². The number of fused-ring (bicyclic) bond motifs is 1. The summed E-state index contributed by atoms with van der Waals surface area (Å²) in [7, 11) is 0. The van der Waals surface area contributed by atoms with Gasteiger partial charge in [-0.15, -0.1) is 11.3 Å². The average molecular weight is 448 g/mol. The van der Waals surface area contributed by atoms with Gasteiger partial charge >= 0.3 is 17.8 Å². The largest absolute Gasteiger partial charge is 0.478 e. The Morgan fingerprint density at radius 1 is 1.19 bits per heavy atom. The number of rotatable bonds is 7. The Bertz CT molecular complexity index is 1010. The molecule has 0 fully saturated rings. The van der Waals surface area contributed by atoms with Crippen molar-refractivity contribution in [2.75, 3.05) is 18.5 Å². The number of carbonyl (C=O) groups excluding carboxylic acids is 2. The number of hydrogen-bond donors (Lipinski definition) is 5. The fourth-order valence-corrected chi connectivity index (χ4v) is 4.61. The van der Waals surface area contributed by atoms with E-state index in [1.54, 1.807) is 0 Å². The van der Waals surface area contributed by atoms with Crippen molar-refractivity contribution in [3.05, 3.63) is 51.9 Å². The zero-order valence-electron chi connectivity index (χ0n) is 16.4. The Labute approximate surface area is 181 Å². The molecule has 1 unspecified atom stereocenters. The van der Waals surface area contributed by atoms with Crippen LogP contribution in [0.5, 0.6) is 0 Å². The summed E-state index contributed by atoms with van der Waals surface area (Å²) in [5.41, 5.74) is 5.21. The predicted octanol–water partition coefficient (Wildman–Crippen LogP) is 0.0526. The second kappa shape index (κ2) is 9.69. The van der Waals surface area contributed by atoms with Crippen LogP contribution in [-0.2, 0) is 32.0 Å². The quantitative estimate of drug-likeness (QED) is 0.373. The molecule has 2 heterocycles. The van der Waals surface area contributed by atoms with Gasteiger partial charge in [-0.25, -0.2) is 9.59 Å². The zero-order chi connectivity index (χ0) is 22.5. The number of anilines is 1. The average Bonchev–Trinajstić information content (AvgIpc) is 3.11. The van der Waals surface area contributed by atoms with Crippen molar-refractivity contribution in [1.29, 1.82) is 0 Å². The maximum absolute atomic E-state index is 12.5. The molecule has 31 heavy (non-hydrogen) atoms. The van der Waals surface area contributed by atoms with Crippen LogP contribution in [0.1, 0.15) is 32.5 Å². The lowest BCUT2D eigenvalue weighted by Crippen LogP contribution is -2.68. The van der Waals surface area contributed by atoms with E-state index in [1.807, 2.05) is 30.3 Å². The molecule has 0 radical (unpaired) electrons. The summed E-state index contributed by atoms with van der Waals surface area (Å²) in [6, 6.07) is 8.96. The van der Waals surface area contributed by atoms with Crippen LogP contribution in [0.2, 0.25) is 0 Å². The lowest BCUT2D eigenvalue weighted by molar-refractivity contribution is -0.403. The minimum absolute atomic E-state index is 0.0640. The van der Waals surface area contributed by atoms with Gasteiger partial charge in [0.2, 0.25) is 0 Å². The summed E-state index contributed by atoms with van der Waals surface area (Å²) >= 11 is 0.939. The van der Waals surface area contributed by atoms with Gasteiger partial charge in [-0.05, 0) is 17.5 Å². The van der Waals surface area contributed by atoms with Crippen LogP contribution in [0.25, 0.3) is 0 Å². The fourth-order valence-electron chi connectivity index (χ4n) is 3.32. The third-order valence-corrected chi connectivity index (χ3v) is 6.03. The summed E-state index contributed by atoms with van der Waals surface area (Å²) in [6.07, 6.45) is 0.152. The zero-order valence-corrected chi connectivity index (χ0v) is 17.2. The van der Waals surface area contributed by atoms with Crippen LogP contribution < -0.4 is 16.4 Å². The molecular formula is C20H22N3O7S+. The molecule has 11 heteroatoms. The number of carboxylic acid groups (broad SMARTS) is 2. The van der Waals surface area contributed by atoms with Gasteiger partial charge in [0.05, 0.1) is 12.2 Å². The molecule has 2 amide bonds. The van der Waals surface area contributed by atoms with Crippen LogP contribution in [0, 0.1) is 0 Å². The third-order valence-electron chi connectivity index (χ3n) is 4.79. The van der Waals surface area contributed by atoms with Crippen LogP contribution >= 0.6 is 11.3 Å². The number of hydrogen-bond acceptors (Lipinski definition) is 6. The Morgan fingerprint density at radius 2 is 1.90 bits per heavy atom. The third kappa shape index (κ3) is 5.26. The number of benzene rings is 1. The highest BCUT2D eigenvalue weighted by Gasteiger charge is 2.33. The van der Waals surface area contributed by atoms with Gasteiger partial charge in [-0.1, -0.05) is 30.3 Å². The van der Waals surface area contributed by atoms with Crippen molar-refractivity contribution in [2.24, 2.45) is 0 Å². The molecule has 0 spiro atoms. The molecule has 1 aliphatic heterocycles. The summed E-state index contributed by atoms with van der Waals surface area (Å²) < 4.78 is 5.71. The number of amides is 2. The highest BCUT2D eigenvalue weighted by molar-refractivity contribution is 7.17. The van der Waals surface area contributed by atoms with Crippen molar-refractivity contribution in [3.8, 4) is 0 Å². The molecule has 164 valence electrons. The summed E-state index contributed by atoms with van der Waals surface area (Å²) in [4.78, 5) is 47.1. The van der Waals surface area contributed by atoms with Gasteiger partial charge in [-0.2, -0.15) is 0 Å². The van der Waals surface area contributed by atoms with E-state index < -0.39 is 30.0 Å². The molecule has 7 N–H and O–H groups in total. The highest BCUT2D eigenvalue weighted by Crippen LogP contribution is 2.41. The van der Waals surface area contributed by atoms with E-state index in [0.717, 1.165) is 16.9 Å². The maximum Gasteiger partial charge on any atom is 0.394 e. The molecule has 0 saturated carbocycles. The van der Waals surface area contributed by atoms with Gasteiger partial charge < -0.3 is 31.3 Å². The van der Waals surface area contributed by atoms with E-state index in [-0.39, 0.29) is 29.6 Å². The molecule has 3 rings (SSSR count). The normalized spacial score (nSPS) is 16.1. The summed E-state index contributed by atoms with van der Waals surface area (Å²) in [5.74, 6) is -4.59. The van der Waals surface area contributed by atoms with E-state index in [2.05, 4.69) is 16.4 Å². The topological polar surface area (TPSA) is 170 Å². The first-order valence-corrected chi connectivity index (χ1v) is 10.3. The maximum atomic E-state index is 12.5. The fraction of sp³-hybridized carbons (Fsp3) is 0.300. The lowest BCUT2D eigenvalue weighted by Gasteiger charge is -2.24. The Morgan fingerprint density at radius 3 is 2.55 bits per heavy atom. The lowest BCUT2D eigenvalue weighted by atomic mass is 10.0. The standard InChI is InChI=1S/C20H21N3O7S/c21-12(8-10-4-2-1-3-5-10)16(24)22-9-13-15-11(6-7-30-13)14(19(26)27)18(31-15)23-17(25)20(28)29/h1-5,12-13H,6-9,21H2,(H,22,24)(H,23,25)(H,26,27)(H,28,29)/p+1/t12-,13?/m1/s1. The van der Waals surface area contributed by atoms with Crippen molar-refractivity contribution in [3.63, 3.8) is 0 Å². The van der Waals surface area contributed by atoms with Gasteiger partial charge in [0, 0.05) is 17.8 Å². The van der Waals surface area contributed by atoms with E-state index in [9.17, 15) is 24.3 Å². The molecule has 1 aromatic heterocycles. The number of aromatic carboxylic acids is 1. The minimum Gasteiger partial charge on any atom is -0.478 e. The Kier molecular flexibility index (Phi) is 7.00. The second-order valence-corrected chi connectivity index (χ2v) is 8.01. The molecule has 0 bridgehead atoms. The molecule has 2 atom stereocenters. The van der Waals surface area contributed by atoms with E-state index in [0.29, 0.717) is 23.3 Å². The SMILES string of the molecule is [NH3+][C@H](Cc1ccccc1)C(=O)NCC1OCCc2c1sc(NC(=O)C(=O)O)c2C(=O)O. The van der Waals surface area contributed by atoms with Gasteiger partial charge in [0.25, 0.3) is 5.91 Å². The monoisotopic (exact) mass is 448 g/mol. The van der Waals surface area contributed by atoms with Gasteiger partial charge in [0.15, 0.2) is 6.04 Å². The number of thiophene rings is 1. The van der Waals surface area contributed by atoms with Crippen LogP contribution in [0.3, 0.4) is 0 Å². The van der Waals surface area contributed by atoms with Crippen molar-refractivity contribution >= 4 is 40.1 Å². The summed E-state index contributed by atoms with van der Waals surface area (Å²) in [6.45, 7) is 0.327. The molecule has 0 aliphatic carbocycles. The van der Waals surface area contributed by atoms with E-state index >= 15 is 0 Å². The number of carboxylic acids is 2. The molecule has 1 aromatic carbocycles. The highest BCUT2D eigenvalue weighted by atomic mass is 32.1. The van der Waals surface area contributed by atoms with Crippen LogP contribution in [0.4, 0.5) is 5.00 Å². The van der Waals surface area contributed by atoms with E-state index in [4.69, 9.17) is 9.84 Å². The number of carbonyl (C=O) groups is 4. The molecule has 0 saturated heterocycles. The van der Waals surface area contributed by atoms with Crippen molar-refractivity contribution in [2.45, 2.75) is 25.0 Å². The van der Waals surface area contributed by atoms with Gasteiger partial charge in [-0.3, -0.25) is 9.59 Å². The smallest absolute Gasteiger partial charge is 0.394 e.